The molecule has 1 aliphatic rings. The van der Waals surface area contributed by atoms with Gasteiger partial charge in [0, 0.05) is 13.1 Å². The van der Waals surface area contributed by atoms with Crippen molar-refractivity contribution in [2.75, 3.05) is 19.8 Å². The molecular formula is C7H14F2NO2PS. The molecule has 0 saturated carbocycles. The lowest BCUT2D eigenvalue weighted by Crippen LogP contribution is -2.43. The van der Waals surface area contributed by atoms with E-state index in [1.807, 2.05) is 0 Å². The molecule has 7 heteroatoms. The lowest BCUT2D eigenvalue weighted by molar-refractivity contribution is 0.175. The molecule has 0 aromatic carbocycles. The Labute approximate surface area is 84.7 Å². The predicted octanol–water partition coefficient (Wildman–Crippen LogP) is 1.66. The number of sulfonamides is 1. The summed E-state index contributed by atoms with van der Waals surface area (Å²) in [5.41, 5.74) is 0. The van der Waals surface area contributed by atoms with Gasteiger partial charge in [-0.25, -0.2) is 8.42 Å². The van der Waals surface area contributed by atoms with Crippen molar-refractivity contribution in [3.05, 3.63) is 0 Å². The molecule has 0 radical (unpaired) electrons. The van der Waals surface area contributed by atoms with E-state index in [-0.39, 0.29) is 13.1 Å². The Kier molecular flexibility index (Phi) is 3.83. The maximum atomic E-state index is 13.1. The third kappa shape index (κ3) is 2.23. The molecule has 0 amide bonds. The highest BCUT2D eigenvalue weighted by Crippen LogP contribution is 2.40. The monoisotopic (exact) mass is 245 g/mol. The first-order valence-corrected chi connectivity index (χ1v) is 7.42. The summed E-state index contributed by atoms with van der Waals surface area (Å²) in [7, 11) is -5.30. The SMILES string of the molecule is CPC(F)(F)S(=O)(=O)N1CCCCC1. The minimum Gasteiger partial charge on any atom is -0.205 e. The summed E-state index contributed by atoms with van der Waals surface area (Å²) in [5, 5.41) is 0. The average molecular weight is 245 g/mol. The van der Waals surface area contributed by atoms with Crippen LogP contribution in [-0.4, -0.2) is 37.5 Å². The quantitative estimate of drug-likeness (QED) is 0.709. The van der Waals surface area contributed by atoms with Crippen molar-refractivity contribution in [3.8, 4) is 0 Å². The van der Waals surface area contributed by atoms with Gasteiger partial charge in [0.25, 0.3) is 10.0 Å². The van der Waals surface area contributed by atoms with E-state index in [2.05, 4.69) is 0 Å². The highest BCUT2D eigenvalue weighted by atomic mass is 32.2. The van der Waals surface area contributed by atoms with Gasteiger partial charge in [-0.15, -0.1) is 0 Å². The lowest BCUT2D eigenvalue weighted by atomic mass is 10.2. The normalized spacial score (nSPS) is 21.9. The van der Waals surface area contributed by atoms with Gasteiger partial charge in [-0.3, -0.25) is 0 Å². The molecule has 14 heavy (non-hydrogen) atoms. The van der Waals surface area contributed by atoms with Crippen molar-refractivity contribution in [2.45, 2.75) is 24.3 Å². The molecule has 0 aromatic heterocycles. The van der Waals surface area contributed by atoms with E-state index in [0.717, 1.165) is 10.7 Å². The topological polar surface area (TPSA) is 37.4 Å². The van der Waals surface area contributed by atoms with Gasteiger partial charge in [0.05, 0.1) is 0 Å². The largest absolute Gasteiger partial charge is 0.371 e. The number of piperidine rings is 1. The van der Waals surface area contributed by atoms with Crippen LogP contribution in [0.1, 0.15) is 19.3 Å². The number of alkyl halides is 2. The highest BCUT2D eigenvalue weighted by Gasteiger charge is 2.47. The zero-order valence-corrected chi connectivity index (χ0v) is 9.78. The van der Waals surface area contributed by atoms with Crippen LogP contribution in [0.15, 0.2) is 0 Å². The Morgan fingerprint density at radius 3 is 2.14 bits per heavy atom. The van der Waals surface area contributed by atoms with E-state index in [1.54, 1.807) is 0 Å². The van der Waals surface area contributed by atoms with E-state index in [0.29, 0.717) is 12.8 Å². The third-order valence-corrected chi connectivity index (χ3v) is 5.93. The number of hydrogen-bond donors (Lipinski definition) is 0. The van der Waals surface area contributed by atoms with Gasteiger partial charge < -0.3 is 0 Å². The third-order valence-electron chi connectivity index (χ3n) is 2.27. The molecule has 0 bridgehead atoms. The number of rotatable bonds is 3. The van der Waals surface area contributed by atoms with Gasteiger partial charge in [0.2, 0.25) is 0 Å². The Hall–Kier alpha value is 0.200. The Morgan fingerprint density at radius 1 is 1.21 bits per heavy atom. The standard InChI is InChI=1S/C7H14F2NO2PS/c1-13-7(8,9)14(11,12)10-5-3-2-4-6-10/h13H,2-6H2,1H3. The van der Waals surface area contributed by atoms with Crippen LogP contribution in [0.3, 0.4) is 0 Å². The van der Waals surface area contributed by atoms with Gasteiger partial charge >= 0.3 is 5.00 Å². The van der Waals surface area contributed by atoms with Crippen LogP contribution in [0.4, 0.5) is 8.78 Å². The second-order valence-electron chi connectivity index (χ2n) is 3.23. The second-order valence-corrected chi connectivity index (χ2v) is 6.70. The summed E-state index contributed by atoms with van der Waals surface area (Å²) < 4.78 is 50.0. The van der Waals surface area contributed by atoms with Crippen molar-refractivity contribution in [2.24, 2.45) is 0 Å². The molecular weight excluding hydrogens is 231 g/mol. The summed E-state index contributed by atoms with van der Waals surface area (Å²) in [6, 6.07) is 0. The Balaban J connectivity index is 2.83. The summed E-state index contributed by atoms with van der Waals surface area (Å²) in [6.07, 6.45) is 2.29. The summed E-state index contributed by atoms with van der Waals surface area (Å²) in [4.78, 5) is -3.58. The molecule has 1 heterocycles. The first-order chi connectivity index (χ1) is 6.42. The minimum absolute atomic E-state index is 0.238. The minimum atomic E-state index is -4.40. The van der Waals surface area contributed by atoms with Crippen molar-refractivity contribution >= 4 is 18.6 Å². The van der Waals surface area contributed by atoms with Gasteiger partial charge in [-0.1, -0.05) is 6.42 Å². The van der Waals surface area contributed by atoms with Gasteiger partial charge in [0.15, 0.2) is 0 Å². The maximum absolute atomic E-state index is 13.1. The molecule has 1 unspecified atom stereocenters. The fourth-order valence-corrected chi connectivity index (χ4v) is 3.88. The summed E-state index contributed by atoms with van der Waals surface area (Å²) in [6.45, 7) is 1.69. The molecule has 0 spiro atoms. The molecule has 1 rings (SSSR count). The molecule has 0 N–H and O–H groups in total. The molecule has 1 atom stereocenters. The fourth-order valence-electron chi connectivity index (χ4n) is 1.40. The summed E-state index contributed by atoms with van der Waals surface area (Å²) >= 11 is 0. The fraction of sp³-hybridized carbons (Fsp3) is 1.00. The first kappa shape index (κ1) is 12.3. The number of nitrogens with zero attached hydrogens (tertiary/aromatic N) is 1. The van der Waals surface area contributed by atoms with Crippen molar-refractivity contribution in [1.82, 2.24) is 4.31 Å². The van der Waals surface area contributed by atoms with Crippen molar-refractivity contribution < 1.29 is 17.2 Å². The smallest absolute Gasteiger partial charge is 0.205 e. The molecule has 0 aromatic rings. The van der Waals surface area contributed by atoms with Crippen LogP contribution in [0, 0.1) is 0 Å². The molecule has 84 valence electrons. The molecule has 1 saturated heterocycles. The van der Waals surface area contributed by atoms with Crippen LogP contribution < -0.4 is 0 Å². The highest BCUT2D eigenvalue weighted by molar-refractivity contribution is 7.95. The van der Waals surface area contributed by atoms with Crippen LogP contribution in [-0.2, 0) is 10.0 Å². The summed E-state index contributed by atoms with van der Waals surface area (Å²) in [5.74, 6) is 0. The van der Waals surface area contributed by atoms with E-state index >= 15 is 0 Å². The Morgan fingerprint density at radius 2 is 1.71 bits per heavy atom. The lowest BCUT2D eigenvalue weighted by Gasteiger charge is -2.29. The molecule has 3 nitrogen and oxygen atoms in total. The Bertz CT molecular complexity index is 288. The zero-order chi connectivity index (χ0) is 10.8. The second kappa shape index (κ2) is 4.37. The van der Waals surface area contributed by atoms with Crippen molar-refractivity contribution in [3.63, 3.8) is 0 Å². The van der Waals surface area contributed by atoms with Gasteiger partial charge in [-0.2, -0.15) is 13.1 Å². The van der Waals surface area contributed by atoms with Crippen LogP contribution >= 0.6 is 8.58 Å². The molecule has 1 aliphatic heterocycles. The maximum Gasteiger partial charge on any atom is 0.371 e. The van der Waals surface area contributed by atoms with Crippen molar-refractivity contribution in [1.29, 1.82) is 0 Å². The number of halogens is 2. The van der Waals surface area contributed by atoms with E-state index in [4.69, 9.17) is 0 Å². The zero-order valence-electron chi connectivity index (χ0n) is 7.96. The molecule has 0 aliphatic carbocycles. The van der Waals surface area contributed by atoms with Crippen LogP contribution in [0.5, 0.6) is 0 Å². The van der Waals surface area contributed by atoms with E-state index in [1.165, 1.54) is 6.66 Å². The average Bonchev–Trinajstić information content (AvgIpc) is 2.19. The number of hydrogen-bond acceptors (Lipinski definition) is 2. The van der Waals surface area contributed by atoms with Gasteiger partial charge in [0.1, 0.15) is 0 Å². The molecule has 1 fully saturated rings. The van der Waals surface area contributed by atoms with E-state index in [9.17, 15) is 17.2 Å². The van der Waals surface area contributed by atoms with Gasteiger partial charge in [-0.05, 0) is 28.1 Å². The van der Waals surface area contributed by atoms with E-state index < -0.39 is 23.6 Å². The predicted molar refractivity (Wildman–Crippen MR) is 53.5 cm³/mol. The van der Waals surface area contributed by atoms with Crippen LogP contribution in [0.25, 0.3) is 0 Å². The van der Waals surface area contributed by atoms with Crippen LogP contribution in [0.2, 0.25) is 0 Å². The first-order valence-electron chi connectivity index (χ1n) is 4.48.